The monoisotopic (exact) mass is 284 g/mol. The summed E-state index contributed by atoms with van der Waals surface area (Å²) in [4.78, 5) is 16.3. The van der Waals surface area contributed by atoms with Gasteiger partial charge in [-0.3, -0.25) is 4.79 Å². The van der Waals surface area contributed by atoms with Gasteiger partial charge in [-0.1, -0.05) is 18.2 Å². The Kier molecular flexibility index (Phi) is 3.31. The number of nitrogens with zero attached hydrogens (tertiary/aromatic N) is 1. The summed E-state index contributed by atoms with van der Waals surface area (Å²) in [6.45, 7) is 0. The number of nitrogens with one attached hydrogen (secondary N) is 1. The number of anilines is 1. The van der Waals surface area contributed by atoms with E-state index in [-0.39, 0.29) is 5.56 Å². The standard InChI is InChI=1S/C16H10F2N2O/c17-12-7-5-11(9-13(12)18)16(21)20-15-8-6-10-3-1-2-4-14(10)19-15/h1-9H,(H,19,20,21). The lowest BCUT2D eigenvalue weighted by molar-refractivity contribution is 0.102. The molecule has 1 aromatic heterocycles. The van der Waals surface area contributed by atoms with Crippen molar-refractivity contribution in [3.63, 3.8) is 0 Å². The Hall–Kier alpha value is -2.82. The Bertz CT molecular complexity index is 833. The van der Waals surface area contributed by atoms with Crippen LogP contribution in [0.15, 0.2) is 54.6 Å². The molecule has 0 spiro atoms. The van der Waals surface area contributed by atoms with Crippen molar-refractivity contribution in [3.8, 4) is 0 Å². The normalized spacial score (nSPS) is 10.6. The van der Waals surface area contributed by atoms with Crippen molar-refractivity contribution in [3.05, 3.63) is 71.8 Å². The predicted octanol–water partition coefficient (Wildman–Crippen LogP) is 3.77. The molecule has 0 aliphatic heterocycles. The lowest BCUT2D eigenvalue weighted by atomic mass is 10.2. The second-order valence-corrected chi connectivity index (χ2v) is 4.47. The fourth-order valence-electron chi connectivity index (χ4n) is 1.96. The van der Waals surface area contributed by atoms with Crippen LogP contribution in [0.2, 0.25) is 0 Å². The van der Waals surface area contributed by atoms with Gasteiger partial charge in [-0.25, -0.2) is 13.8 Å². The van der Waals surface area contributed by atoms with Crippen LogP contribution in [0, 0.1) is 11.6 Å². The molecule has 0 unspecified atom stereocenters. The maximum atomic E-state index is 13.1. The van der Waals surface area contributed by atoms with Gasteiger partial charge in [-0.2, -0.15) is 0 Å². The third kappa shape index (κ3) is 2.72. The number of rotatable bonds is 2. The van der Waals surface area contributed by atoms with Crippen molar-refractivity contribution >= 4 is 22.6 Å². The lowest BCUT2D eigenvalue weighted by Gasteiger charge is -2.06. The molecule has 104 valence electrons. The predicted molar refractivity (Wildman–Crippen MR) is 76.1 cm³/mol. The van der Waals surface area contributed by atoms with E-state index in [0.29, 0.717) is 5.82 Å². The van der Waals surface area contributed by atoms with E-state index in [9.17, 15) is 13.6 Å². The molecule has 21 heavy (non-hydrogen) atoms. The highest BCUT2D eigenvalue weighted by Crippen LogP contribution is 2.16. The molecule has 0 radical (unpaired) electrons. The van der Waals surface area contributed by atoms with Crippen LogP contribution in [0.5, 0.6) is 0 Å². The number of fused-ring (bicyclic) bond motifs is 1. The Balaban J connectivity index is 1.87. The third-order valence-electron chi connectivity index (χ3n) is 3.02. The molecule has 1 amide bonds. The van der Waals surface area contributed by atoms with Crippen molar-refractivity contribution in [1.82, 2.24) is 4.98 Å². The molecule has 5 heteroatoms. The first-order valence-electron chi connectivity index (χ1n) is 6.26. The number of hydrogen-bond acceptors (Lipinski definition) is 2. The highest BCUT2D eigenvalue weighted by Gasteiger charge is 2.10. The molecule has 0 saturated carbocycles. The summed E-state index contributed by atoms with van der Waals surface area (Å²) in [7, 11) is 0. The summed E-state index contributed by atoms with van der Waals surface area (Å²) in [6.07, 6.45) is 0. The van der Waals surface area contributed by atoms with Crippen molar-refractivity contribution in [1.29, 1.82) is 0 Å². The third-order valence-corrected chi connectivity index (χ3v) is 3.02. The van der Waals surface area contributed by atoms with Crippen molar-refractivity contribution < 1.29 is 13.6 Å². The topological polar surface area (TPSA) is 42.0 Å². The molecule has 0 bridgehead atoms. The quantitative estimate of drug-likeness (QED) is 0.778. The van der Waals surface area contributed by atoms with E-state index < -0.39 is 17.5 Å². The van der Waals surface area contributed by atoms with E-state index in [0.717, 1.165) is 23.0 Å². The van der Waals surface area contributed by atoms with Gasteiger partial charge < -0.3 is 5.32 Å². The number of halogens is 2. The molecule has 3 nitrogen and oxygen atoms in total. The van der Waals surface area contributed by atoms with E-state index in [2.05, 4.69) is 10.3 Å². The molecule has 0 aliphatic rings. The molecule has 2 aromatic carbocycles. The van der Waals surface area contributed by atoms with Gasteiger partial charge in [-0.05, 0) is 36.4 Å². The van der Waals surface area contributed by atoms with Crippen LogP contribution in [0.1, 0.15) is 10.4 Å². The number of pyridine rings is 1. The Morgan fingerprint density at radius 2 is 1.76 bits per heavy atom. The first-order valence-corrected chi connectivity index (χ1v) is 6.26. The number of hydrogen-bond donors (Lipinski definition) is 1. The molecule has 0 saturated heterocycles. The minimum absolute atomic E-state index is 0.0314. The van der Waals surface area contributed by atoms with Crippen LogP contribution in [0.3, 0.4) is 0 Å². The zero-order valence-electron chi connectivity index (χ0n) is 10.8. The van der Waals surface area contributed by atoms with Crippen molar-refractivity contribution in [2.45, 2.75) is 0 Å². The summed E-state index contributed by atoms with van der Waals surface area (Å²) in [5.41, 5.74) is 0.768. The minimum atomic E-state index is -1.06. The number of carbonyl (C=O) groups excluding carboxylic acids is 1. The van der Waals surface area contributed by atoms with Gasteiger partial charge in [0.25, 0.3) is 5.91 Å². The van der Waals surface area contributed by atoms with Gasteiger partial charge >= 0.3 is 0 Å². The van der Waals surface area contributed by atoms with Gasteiger partial charge in [0.05, 0.1) is 5.52 Å². The summed E-state index contributed by atoms with van der Waals surface area (Å²) >= 11 is 0. The fourth-order valence-corrected chi connectivity index (χ4v) is 1.96. The maximum absolute atomic E-state index is 13.1. The number of para-hydroxylation sites is 1. The van der Waals surface area contributed by atoms with Crippen LogP contribution in [-0.4, -0.2) is 10.9 Å². The van der Waals surface area contributed by atoms with E-state index in [1.54, 1.807) is 6.07 Å². The summed E-state index contributed by atoms with van der Waals surface area (Å²) in [6, 6.07) is 13.9. The van der Waals surface area contributed by atoms with Gasteiger partial charge in [0, 0.05) is 10.9 Å². The molecular formula is C16H10F2N2O. The summed E-state index contributed by atoms with van der Waals surface area (Å²) in [5, 5.41) is 3.51. The smallest absolute Gasteiger partial charge is 0.256 e. The molecule has 3 rings (SSSR count). The SMILES string of the molecule is O=C(Nc1ccc2ccccc2n1)c1ccc(F)c(F)c1. The number of aromatic nitrogens is 1. The van der Waals surface area contributed by atoms with Crippen LogP contribution in [0.25, 0.3) is 10.9 Å². The molecule has 0 atom stereocenters. The zero-order valence-corrected chi connectivity index (χ0v) is 10.8. The van der Waals surface area contributed by atoms with E-state index in [1.165, 1.54) is 6.07 Å². The van der Waals surface area contributed by atoms with Crippen molar-refractivity contribution in [2.24, 2.45) is 0 Å². The lowest BCUT2D eigenvalue weighted by Crippen LogP contribution is -2.13. The van der Waals surface area contributed by atoms with Gasteiger partial charge in [0.2, 0.25) is 0 Å². The van der Waals surface area contributed by atoms with E-state index in [4.69, 9.17) is 0 Å². The highest BCUT2D eigenvalue weighted by molar-refractivity contribution is 6.04. The molecule has 0 fully saturated rings. The minimum Gasteiger partial charge on any atom is -0.307 e. The van der Waals surface area contributed by atoms with Crippen molar-refractivity contribution in [2.75, 3.05) is 5.32 Å². The molecule has 1 heterocycles. The summed E-state index contributed by atoms with van der Waals surface area (Å²) in [5.74, 6) is -2.25. The molecule has 1 N–H and O–H groups in total. The second kappa shape index (κ2) is 5.28. The zero-order chi connectivity index (χ0) is 14.8. The van der Waals surface area contributed by atoms with Gasteiger partial charge in [-0.15, -0.1) is 0 Å². The summed E-state index contributed by atoms with van der Waals surface area (Å²) < 4.78 is 26.0. The van der Waals surface area contributed by atoms with Crippen LogP contribution in [0.4, 0.5) is 14.6 Å². The Morgan fingerprint density at radius 1 is 0.952 bits per heavy atom. The van der Waals surface area contributed by atoms with Gasteiger partial charge in [0.1, 0.15) is 5.82 Å². The maximum Gasteiger partial charge on any atom is 0.256 e. The molecule has 0 aliphatic carbocycles. The van der Waals surface area contributed by atoms with E-state index in [1.807, 2.05) is 30.3 Å². The number of benzene rings is 2. The van der Waals surface area contributed by atoms with Crippen LogP contribution < -0.4 is 5.32 Å². The first kappa shape index (κ1) is 13.2. The second-order valence-electron chi connectivity index (χ2n) is 4.47. The van der Waals surface area contributed by atoms with Crippen LogP contribution in [-0.2, 0) is 0 Å². The fraction of sp³-hybridized carbons (Fsp3) is 0. The average Bonchev–Trinajstić information content (AvgIpc) is 2.50. The largest absolute Gasteiger partial charge is 0.307 e. The first-order chi connectivity index (χ1) is 10.1. The highest BCUT2D eigenvalue weighted by atomic mass is 19.2. The number of amides is 1. The van der Waals surface area contributed by atoms with E-state index >= 15 is 0 Å². The average molecular weight is 284 g/mol. The van der Waals surface area contributed by atoms with Crippen LogP contribution >= 0.6 is 0 Å². The molecule has 3 aromatic rings. The Morgan fingerprint density at radius 3 is 2.57 bits per heavy atom. The number of carbonyl (C=O) groups is 1. The molecular weight excluding hydrogens is 274 g/mol. The Labute approximate surface area is 119 Å². The van der Waals surface area contributed by atoms with Gasteiger partial charge in [0.15, 0.2) is 11.6 Å².